The molecule has 9 nitrogen and oxygen atoms in total. The molecule has 2 N–H and O–H groups in total. The molecule has 11 heteroatoms. The van der Waals surface area contributed by atoms with E-state index in [9.17, 15) is 18.4 Å². The molecule has 0 saturated carbocycles. The minimum Gasteiger partial charge on any atom is -0.491 e. The van der Waals surface area contributed by atoms with E-state index in [-0.39, 0.29) is 12.4 Å². The summed E-state index contributed by atoms with van der Waals surface area (Å²) in [5, 5.41) is 11.9. The van der Waals surface area contributed by atoms with Gasteiger partial charge in [-0.05, 0) is 19.1 Å². The maximum Gasteiger partial charge on any atom is 0.416 e. The predicted molar refractivity (Wildman–Crippen MR) is 97.5 cm³/mol. The van der Waals surface area contributed by atoms with Gasteiger partial charge < -0.3 is 24.5 Å². The van der Waals surface area contributed by atoms with Crippen LogP contribution in [0.3, 0.4) is 0 Å². The van der Waals surface area contributed by atoms with Crippen molar-refractivity contribution in [2.45, 2.75) is 32.0 Å². The van der Waals surface area contributed by atoms with Crippen molar-refractivity contribution in [2.75, 3.05) is 23.4 Å². The number of aliphatic carboxylic acids is 1. The Bertz CT molecular complexity index is 964. The molecule has 2 aliphatic rings. The van der Waals surface area contributed by atoms with Gasteiger partial charge in [-0.2, -0.15) is 0 Å². The number of nitrogens with one attached hydrogen (secondary N) is 1. The molecule has 1 unspecified atom stereocenters. The summed E-state index contributed by atoms with van der Waals surface area (Å²) in [4.78, 5) is 28.3. The van der Waals surface area contributed by atoms with Crippen LogP contribution >= 0.6 is 0 Å². The second kappa shape index (κ2) is 7.22. The Morgan fingerprint density at radius 3 is 2.90 bits per heavy atom. The Labute approximate surface area is 163 Å². The summed E-state index contributed by atoms with van der Waals surface area (Å²) < 4.78 is 38.8. The number of nitrogens with zero attached hydrogens (tertiary/aromatic N) is 3. The lowest BCUT2D eigenvalue weighted by molar-refractivity contribution is -0.137. The summed E-state index contributed by atoms with van der Waals surface area (Å²) in [5.41, 5.74) is 1.16. The number of hydrogen-bond acceptors (Lipinski definition) is 6. The topological polar surface area (TPSA) is 106 Å². The number of alkyl halides is 2. The van der Waals surface area contributed by atoms with E-state index < -0.39 is 37.2 Å². The largest absolute Gasteiger partial charge is 0.491 e. The summed E-state index contributed by atoms with van der Waals surface area (Å²) in [6.45, 7) is 1.81. The average Bonchev–Trinajstić information content (AvgIpc) is 3.21. The smallest absolute Gasteiger partial charge is 0.416 e. The van der Waals surface area contributed by atoms with Crippen LogP contribution in [0.5, 0.6) is 5.75 Å². The van der Waals surface area contributed by atoms with Crippen LogP contribution < -0.4 is 15.0 Å². The van der Waals surface area contributed by atoms with Crippen LogP contribution in [0.4, 0.5) is 25.1 Å². The molecule has 1 aromatic carbocycles. The molecular weight excluding hydrogens is 390 g/mol. The molecular formula is C18H18F2N4O5. The number of benzene rings is 1. The Morgan fingerprint density at radius 2 is 2.17 bits per heavy atom. The number of carbonyl (C=O) groups is 2. The van der Waals surface area contributed by atoms with Crippen LogP contribution in [0.1, 0.15) is 6.92 Å². The second-order valence-corrected chi connectivity index (χ2v) is 6.73. The lowest BCUT2D eigenvalue weighted by Crippen LogP contribution is -2.38. The molecule has 29 heavy (non-hydrogen) atoms. The molecule has 2 aliphatic heterocycles. The van der Waals surface area contributed by atoms with Crippen molar-refractivity contribution in [3.63, 3.8) is 0 Å². The minimum atomic E-state index is -2.76. The average molecular weight is 408 g/mol. The maximum atomic E-state index is 13.3. The lowest BCUT2D eigenvalue weighted by Gasteiger charge is -2.17. The number of aromatic nitrogens is 2. The van der Waals surface area contributed by atoms with Crippen LogP contribution in [-0.4, -0.2) is 58.4 Å². The lowest BCUT2D eigenvalue weighted by atomic mass is 10.1. The third-order valence-corrected chi connectivity index (χ3v) is 4.77. The number of amides is 1. The third kappa shape index (κ3) is 3.43. The van der Waals surface area contributed by atoms with Gasteiger partial charge in [0.25, 0.3) is 6.43 Å². The van der Waals surface area contributed by atoms with Crippen LogP contribution in [0.25, 0.3) is 11.4 Å². The first-order chi connectivity index (χ1) is 13.8. The number of halogens is 2. The fourth-order valence-electron chi connectivity index (χ4n) is 3.27. The fraction of sp³-hybridized carbons (Fsp3) is 0.389. The number of carboxylic acid groups (broad SMARTS) is 1. The van der Waals surface area contributed by atoms with Gasteiger partial charge in [0.15, 0.2) is 5.82 Å². The van der Waals surface area contributed by atoms with Gasteiger partial charge >= 0.3 is 12.1 Å². The quantitative estimate of drug-likeness (QED) is 0.783. The summed E-state index contributed by atoms with van der Waals surface area (Å²) in [6.07, 6.45) is -2.10. The van der Waals surface area contributed by atoms with Crippen LogP contribution in [0.15, 0.2) is 24.4 Å². The Morgan fingerprint density at radius 1 is 1.38 bits per heavy atom. The highest BCUT2D eigenvalue weighted by Crippen LogP contribution is 2.36. The Kier molecular flexibility index (Phi) is 4.73. The van der Waals surface area contributed by atoms with Crippen LogP contribution in [-0.2, 0) is 16.1 Å². The van der Waals surface area contributed by atoms with E-state index in [1.807, 2.05) is 0 Å². The summed E-state index contributed by atoms with van der Waals surface area (Å²) in [5.74, 6) is 0.0189. The van der Waals surface area contributed by atoms with Crippen molar-refractivity contribution in [2.24, 2.45) is 0 Å². The van der Waals surface area contributed by atoms with Gasteiger partial charge in [-0.15, -0.1) is 0 Å². The monoisotopic (exact) mass is 408 g/mol. The second-order valence-electron chi connectivity index (χ2n) is 6.73. The highest BCUT2D eigenvalue weighted by molar-refractivity contribution is 5.89. The standard InChI is InChI=1S/C18H18F2N4O5/c1-9(17(25)26)21-10-2-3-11-13(6-10)28-5-4-23-7-14(22-16(11)23)24-12(15(19)20)8-29-18(24)27/h2-3,6-7,9,12,15,21H,4-5,8H2,1H3,(H,25,26)/t9-,12?/m0/s1. The van der Waals surface area contributed by atoms with Crippen molar-refractivity contribution in [1.29, 1.82) is 0 Å². The molecule has 2 atom stereocenters. The molecule has 3 heterocycles. The van der Waals surface area contributed by atoms with E-state index in [4.69, 9.17) is 14.6 Å². The van der Waals surface area contributed by atoms with Gasteiger partial charge in [0.05, 0.1) is 12.1 Å². The van der Waals surface area contributed by atoms with Crippen molar-refractivity contribution in [3.05, 3.63) is 24.4 Å². The molecule has 154 valence electrons. The molecule has 0 radical (unpaired) electrons. The Hall–Kier alpha value is -3.37. The number of rotatable bonds is 5. The molecule has 1 amide bonds. The number of hydrogen-bond donors (Lipinski definition) is 2. The predicted octanol–water partition coefficient (Wildman–Crippen LogP) is 2.42. The first kappa shape index (κ1) is 19.0. The van der Waals surface area contributed by atoms with Crippen molar-refractivity contribution in [1.82, 2.24) is 9.55 Å². The summed E-state index contributed by atoms with van der Waals surface area (Å²) in [6, 6.07) is 2.86. The zero-order chi connectivity index (χ0) is 20.7. The van der Waals surface area contributed by atoms with Gasteiger partial charge in [0, 0.05) is 18.0 Å². The van der Waals surface area contributed by atoms with E-state index in [1.54, 1.807) is 22.8 Å². The SMILES string of the molecule is C[C@H](Nc1ccc2c(c1)OCCn1cc(N3C(=O)OCC3C(F)F)nc1-2)C(=O)O. The van der Waals surface area contributed by atoms with Gasteiger partial charge in [-0.1, -0.05) is 0 Å². The van der Waals surface area contributed by atoms with E-state index in [0.29, 0.717) is 29.4 Å². The first-order valence-electron chi connectivity index (χ1n) is 8.93. The fourth-order valence-corrected chi connectivity index (χ4v) is 3.27. The van der Waals surface area contributed by atoms with Crippen molar-refractivity contribution < 1.29 is 33.0 Å². The van der Waals surface area contributed by atoms with E-state index >= 15 is 0 Å². The number of carbonyl (C=O) groups excluding carboxylic acids is 1. The highest BCUT2D eigenvalue weighted by atomic mass is 19.3. The van der Waals surface area contributed by atoms with E-state index in [0.717, 1.165) is 4.90 Å². The highest BCUT2D eigenvalue weighted by Gasteiger charge is 2.42. The molecule has 4 rings (SSSR count). The molecule has 2 aromatic rings. The van der Waals surface area contributed by atoms with E-state index in [1.165, 1.54) is 13.1 Å². The first-order valence-corrected chi connectivity index (χ1v) is 8.93. The number of fused-ring (bicyclic) bond motifs is 3. The van der Waals surface area contributed by atoms with Crippen LogP contribution in [0, 0.1) is 0 Å². The molecule has 1 aromatic heterocycles. The third-order valence-electron chi connectivity index (χ3n) is 4.77. The van der Waals surface area contributed by atoms with E-state index in [2.05, 4.69) is 10.3 Å². The molecule has 1 fully saturated rings. The van der Waals surface area contributed by atoms with Crippen LogP contribution in [0.2, 0.25) is 0 Å². The van der Waals surface area contributed by atoms with Crippen molar-refractivity contribution in [3.8, 4) is 17.1 Å². The molecule has 1 saturated heterocycles. The number of carboxylic acids is 1. The number of anilines is 2. The van der Waals surface area contributed by atoms with Gasteiger partial charge in [0.1, 0.15) is 36.9 Å². The number of cyclic esters (lactones) is 1. The number of imidazole rings is 1. The van der Waals surface area contributed by atoms with Gasteiger partial charge in [-0.25, -0.2) is 23.5 Å². The van der Waals surface area contributed by atoms with Crippen molar-refractivity contribution >= 4 is 23.6 Å². The van der Waals surface area contributed by atoms with Gasteiger partial charge in [0.2, 0.25) is 0 Å². The molecule has 0 bridgehead atoms. The Balaban J connectivity index is 1.68. The normalized spacial score (nSPS) is 19.1. The molecule has 0 spiro atoms. The van der Waals surface area contributed by atoms with Gasteiger partial charge in [-0.3, -0.25) is 4.79 Å². The molecule has 0 aliphatic carbocycles. The summed E-state index contributed by atoms with van der Waals surface area (Å²) in [7, 11) is 0. The number of ether oxygens (including phenoxy) is 2. The maximum absolute atomic E-state index is 13.3. The zero-order valence-corrected chi connectivity index (χ0v) is 15.3. The zero-order valence-electron chi connectivity index (χ0n) is 15.3. The minimum absolute atomic E-state index is 0.0855. The summed E-state index contributed by atoms with van der Waals surface area (Å²) >= 11 is 0.